The van der Waals surface area contributed by atoms with Gasteiger partial charge in [-0.05, 0) is 85.7 Å². The second-order valence-corrected chi connectivity index (χ2v) is 16.4. The summed E-state index contributed by atoms with van der Waals surface area (Å²) in [4.78, 5) is 5.60. The summed E-state index contributed by atoms with van der Waals surface area (Å²) < 4.78 is 38.7. The monoisotopic (exact) mass is 684 g/mol. The quantitative estimate of drug-likeness (QED) is 0.0503. The largest absolute Gasteiger partial charge is 0.364 e. The van der Waals surface area contributed by atoms with Gasteiger partial charge in [-0.3, -0.25) is 4.55 Å². The van der Waals surface area contributed by atoms with Crippen LogP contribution in [0.15, 0.2) is 70.1 Å². The molecule has 47 heavy (non-hydrogen) atoms. The van der Waals surface area contributed by atoms with Crippen LogP contribution in [0.5, 0.6) is 0 Å². The van der Waals surface area contributed by atoms with Crippen molar-refractivity contribution >= 4 is 33.5 Å². The topological polar surface area (TPSA) is 99.5 Å². The number of rotatable bonds is 14. The molecule has 0 saturated carbocycles. The highest BCUT2D eigenvalue weighted by Gasteiger charge is 2.44. The molecule has 2 aliphatic heterocycles. The predicted octanol–water partition coefficient (Wildman–Crippen LogP) is 9.48. The van der Waals surface area contributed by atoms with Crippen molar-refractivity contribution in [2.24, 2.45) is 5.92 Å². The van der Waals surface area contributed by atoms with E-state index < -0.39 is 15.5 Å². The van der Waals surface area contributed by atoms with Gasteiger partial charge in [0.1, 0.15) is 0 Å². The Morgan fingerprint density at radius 3 is 2.30 bits per heavy atom. The van der Waals surface area contributed by atoms with Gasteiger partial charge in [-0.2, -0.15) is 8.42 Å². The Bertz CT molecular complexity index is 1640. The summed E-state index contributed by atoms with van der Waals surface area (Å²) in [7, 11) is -4.32. The number of fused-ring (bicyclic) bond motifs is 2. The molecule has 0 aliphatic carbocycles. The molecule has 2 aromatic carbocycles. The Balaban J connectivity index is 1.61. The first-order chi connectivity index (χ1) is 22.0. The normalized spacial score (nSPS) is 19.6. The number of anilines is 2. The minimum atomic E-state index is -4.32. The summed E-state index contributed by atoms with van der Waals surface area (Å²) >= 11 is 1.01. The number of unbranched alkanes of at least 4 members (excludes halogenated alkanes) is 2. The third kappa shape index (κ3) is 7.84. The fraction of sp³-hybridized carbons (Fsp3) is 0.514. The fourth-order valence-electron chi connectivity index (χ4n) is 7.18. The third-order valence-electron chi connectivity index (χ3n) is 9.76. The molecule has 2 heterocycles. The second-order valence-electron chi connectivity index (χ2n) is 14.3. The fourth-order valence-corrected chi connectivity index (χ4v) is 8.37. The van der Waals surface area contributed by atoms with E-state index in [1.54, 1.807) is 13.0 Å². The number of aryl methyl sites for hydroxylation is 2. The van der Waals surface area contributed by atoms with E-state index in [0.29, 0.717) is 11.5 Å². The van der Waals surface area contributed by atoms with E-state index in [1.165, 1.54) is 30.5 Å². The van der Waals surface area contributed by atoms with Crippen LogP contribution in [0.3, 0.4) is 0 Å². The zero-order valence-electron chi connectivity index (χ0n) is 29.3. The first-order valence-corrected chi connectivity index (χ1v) is 18.8. The van der Waals surface area contributed by atoms with Gasteiger partial charge in [0.05, 0.1) is 23.0 Å². The van der Waals surface area contributed by atoms with E-state index >= 15 is 0 Å². The molecule has 0 amide bonds. The Hall–Kier alpha value is -2.60. The Kier molecular flexibility index (Phi) is 11.8. The van der Waals surface area contributed by atoms with Crippen LogP contribution in [0, 0.1) is 19.8 Å². The lowest BCUT2D eigenvalue weighted by atomic mass is 9.80. The molecule has 2 aromatic rings. The van der Waals surface area contributed by atoms with Gasteiger partial charge in [0.2, 0.25) is 0 Å². The lowest BCUT2D eigenvalue weighted by Crippen LogP contribution is -2.40. The first-order valence-electron chi connectivity index (χ1n) is 16.6. The van der Waals surface area contributed by atoms with Crippen molar-refractivity contribution in [2.75, 3.05) is 22.9 Å². The van der Waals surface area contributed by atoms with Crippen molar-refractivity contribution < 1.29 is 27.6 Å². The number of likely N-dealkylation sites (N-methyl/N-ethyl adjacent to an activating group) is 1. The van der Waals surface area contributed by atoms with E-state index in [-0.39, 0.29) is 16.4 Å². The molecule has 1 unspecified atom stereocenters. The van der Waals surface area contributed by atoms with Gasteiger partial charge in [-0.15, -0.1) is 4.33 Å². The lowest BCUT2D eigenvalue weighted by molar-refractivity contribution is -0.432. The van der Waals surface area contributed by atoms with E-state index in [2.05, 4.69) is 106 Å². The van der Waals surface area contributed by atoms with Crippen LogP contribution in [-0.4, -0.2) is 37.4 Å². The van der Waals surface area contributed by atoms with Crippen LogP contribution in [0.4, 0.5) is 11.4 Å². The molecule has 2 aliphatic rings. The van der Waals surface area contributed by atoms with Gasteiger partial charge >= 0.3 is 0 Å². The van der Waals surface area contributed by atoms with E-state index in [1.807, 2.05) is 13.0 Å². The Morgan fingerprint density at radius 1 is 0.957 bits per heavy atom. The molecule has 10 heteroatoms. The Morgan fingerprint density at radius 2 is 1.66 bits per heavy atom. The summed E-state index contributed by atoms with van der Waals surface area (Å²) in [6, 6.07) is 7.99. The van der Waals surface area contributed by atoms with Crippen LogP contribution in [0.1, 0.15) is 96.4 Å². The summed E-state index contributed by atoms with van der Waals surface area (Å²) in [6.07, 6.45) is 15.4. The minimum absolute atomic E-state index is 0.0417. The number of nitrogens with zero attached hydrogens (tertiary/aromatic N) is 2. The average molecular weight is 685 g/mol. The number of benzene rings is 2. The third-order valence-corrected chi connectivity index (χ3v) is 11.5. The summed E-state index contributed by atoms with van der Waals surface area (Å²) in [6.45, 7) is 20.8. The van der Waals surface area contributed by atoms with Crippen molar-refractivity contribution in [3.63, 3.8) is 0 Å². The molecule has 0 saturated heterocycles. The molecule has 0 bridgehead atoms. The highest BCUT2D eigenvalue weighted by molar-refractivity contribution is 7.94. The first kappa shape index (κ1) is 37.2. The van der Waals surface area contributed by atoms with Gasteiger partial charge in [0.25, 0.3) is 10.1 Å². The van der Waals surface area contributed by atoms with Crippen LogP contribution in [0.25, 0.3) is 0 Å². The van der Waals surface area contributed by atoms with Crippen molar-refractivity contribution in [1.29, 1.82) is 0 Å². The molecular formula is C37H52N2O6S2. The van der Waals surface area contributed by atoms with E-state index in [9.17, 15) is 13.0 Å². The van der Waals surface area contributed by atoms with Crippen molar-refractivity contribution in [1.82, 2.24) is 0 Å². The van der Waals surface area contributed by atoms with Gasteiger partial charge in [0, 0.05) is 45.9 Å². The van der Waals surface area contributed by atoms with Crippen LogP contribution in [0.2, 0.25) is 0 Å². The van der Waals surface area contributed by atoms with E-state index in [4.69, 9.17) is 9.59 Å². The molecule has 0 spiro atoms. The van der Waals surface area contributed by atoms with Gasteiger partial charge in [-0.1, -0.05) is 90.1 Å². The van der Waals surface area contributed by atoms with Gasteiger partial charge < -0.3 is 9.80 Å². The molecular weight excluding hydrogens is 633 g/mol. The maximum absolute atomic E-state index is 12.1. The van der Waals surface area contributed by atoms with Crippen LogP contribution in [-0.2, 0) is 30.3 Å². The highest BCUT2D eigenvalue weighted by atomic mass is 32.2. The van der Waals surface area contributed by atoms with E-state index in [0.717, 1.165) is 59.0 Å². The minimum Gasteiger partial charge on any atom is -0.364 e. The molecule has 4 rings (SSSR count). The number of hydrogen-bond acceptors (Lipinski definition) is 8. The summed E-state index contributed by atoms with van der Waals surface area (Å²) in [5.74, 6) is 0.717. The maximum atomic E-state index is 12.1. The van der Waals surface area contributed by atoms with Gasteiger partial charge in [0.15, 0.2) is 0 Å². The van der Waals surface area contributed by atoms with Crippen molar-refractivity contribution in [3.05, 3.63) is 82.6 Å². The lowest BCUT2D eigenvalue weighted by Gasteiger charge is -2.32. The van der Waals surface area contributed by atoms with Gasteiger partial charge in [-0.25, -0.2) is 5.26 Å². The molecule has 8 nitrogen and oxygen atoms in total. The Labute approximate surface area is 286 Å². The summed E-state index contributed by atoms with van der Waals surface area (Å²) in [5.41, 5.74) is 6.33. The smallest absolute Gasteiger partial charge is 0.294 e. The zero-order chi connectivity index (χ0) is 34.7. The van der Waals surface area contributed by atoms with Crippen molar-refractivity contribution in [2.45, 2.75) is 115 Å². The molecule has 2 N–H and O–H groups in total. The maximum Gasteiger partial charge on any atom is 0.294 e. The molecule has 1 atom stereocenters. The summed E-state index contributed by atoms with van der Waals surface area (Å²) in [5, 5.41) is 12.6. The average Bonchev–Trinajstić information content (AvgIpc) is 3.31. The van der Waals surface area contributed by atoms with Crippen LogP contribution >= 0.6 is 12.0 Å². The second kappa shape index (κ2) is 14.9. The molecule has 0 radical (unpaired) electrons. The molecule has 258 valence electrons. The number of hydrogen-bond donors (Lipinski definition) is 2. The standard InChI is InChI=1S/C37H52N2O6S2/c1-10-38-30-22-27(5)33(47(41,42)43)24-29(30)37(8,9)34(38)18-14-11-15-19-35-36(6,7)28-23-32(46-45-44-40)26(4)21-31(28)39(35)20-16-12-13-17-25(2)3/h11,14-15,18-19,21-25,35,40H,10,12-13,16-17,20H2,1-9H3,(H,41,42,43)/b14-11+,19-15+,34-18+. The number of allylic oxidation sites excluding steroid dienone is 5. The SMILES string of the molecule is CCN1/C(=C/C=C/C=C/C2N(CCCCCC(C)C)c3cc(C)c(SOOO)cc3C2(C)C)C(C)(C)c2cc(S(=O)(=O)O)c(C)cc21. The zero-order valence-corrected chi connectivity index (χ0v) is 31.0. The predicted molar refractivity (Wildman–Crippen MR) is 193 cm³/mol. The van der Waals surface area contributed by atoms with Crippen LogP contribution < -0.4 is 9.80 Å². The molecule has 0 fully saturated rings. The molecule has 0 aromatic heterocycles. The van der Waals surface area contributed by atoms with Crippen molar-refractivity contribution in [3.8, 4) is 0 Å². The highest BCUT2D eigenvalue weighted by Crippen LogP contribution is 2.50.